The van der Waals surface area contributed by atoms with E-state index in [0.717, 1.165) is 36.0 Å². The normalized spacial score (nSPS) is 15.6. The molecule has 1 amide bonds. The van der Waals surface area contributed by atoms with Crippen LogP contribution in [0.3, 0.4) is 0 Å². The van der Waals surface area contributed by atoms with Crippen molar-refractivity contribution < 1.29 is 19.1 Å². The average Bonchev–Trinajstić information content (AvgIpc) is 2.67. The van der Waals surface area contributed by atoms with E-state index in [1.54, 1.807) is 0 Å². The zero-order valence-corrected chi connectivity index (χ0v) is 15.8. The number of ether oxygens (including phenoxy) is 2. The van der Waals surface area contributed by atoms with E-state index in [-0.39, 0.29) is 25.2 Å². The summed E-state index contributed by atoms with van der Waals surface area (Å²) in [5.41, 5.74) is 4.67. The summed E-state index contributed by atoms with van der Waals surface area (Å²) in [6.07, 6.45) is 2.96. The molecule has 27 heavy (non-hydrogen) atoms. The standard InChI is InChI=1S/C22H25NO4/c1-15-10-11-18(12-16(15)2)26-14-22(25)27-13-21(24)23-20-9-5-7-17-6-3-4-8-19(17)20/h3-4,6,8,10-12,20H,5,7,9,13-14H2,1-2H3,(H,23,24)/t20-/m0/s1. The molecule has 2 aromatic carbocycles. The summed E-state index contributed by atoms with van der Waals surface area (Å²) in [5.74, 6) is -0.248. The summed E-state index contributed by atoms with van der Waals surface area (Å²) in [6, 6.07) is 13.7. The van der Waals surface area contributed by atoms with Crippen molar-refractivity contribution in [2.24, 2.45) is 0 Å². The molecule has 1 aliphatic rings. The summed E-state index contributed by atoms with van der Waals surface area (Å²) >= 11 is 0. The average molecular weight is 367 g/mol. The van der Waals surface area contributed by atoms with Gasteiger partial charge in [0.25, 0.3) is 5.91 Å². The molecule has 0 bridgehead atoms. The van der Waals surface area contributed by atoms with Gasteiger partial charge in [-0.1, -0.05) is 30.3 Å². The summed E-state index contributed by atoms with van der Waals surface area (Å²) in [5, 5.41) is 2.96. The Labute approximate surface area is 159 Å². The minimum absolute atomic E-state index is 0.0204. The molecule has 0 aliphatic heterocycles. The molecule has 0 unspecified atom stereocenters. The van der Waals surface area contributed by atoms with Crippen molar-refractivity contribution in [3.8, 4) is 5.75 Å². The molecule has 0 aromatic heterocycles. The van der Waals surface area contributed by atoms with E-state index in [0.29, 0.717) is 5.75 Å². The van der Waals surface area contributed by atoms with Crippen molar-refractivity contribution in [1.29, 1.82) is 0 Å². The number of nitrogens with one attached hydrogen (secondary N) is 1. The molecule has 1 N–H and O–H groups in total. The van der Waals surface area contributed by atoms with Crippen LogP contribution in [0.1, 0.15) is 41.1 Å². The highest BCUT2D eigenvalue weighted by molar-refractivity contribution is 5.81. The third kappa shape index (κ3) is 5.09. The SMILES string of the molecule is Cc1ccc(OCC(=O)OCC(=O)N[C@H]2CCCc3ccccc32)cc1C. The van der Waals surface area contributed by atoms with Gasteiger partial charge in [0.05, 0.1) is 6.04 Å². The second-order valence-corrected chi connectivity index (χ2v) is 6.91. The van der Waals surface area contributed by atoms with Gasteiger partial charge in [0.2, 0.25) is 0 Å². The number of hydrogen-bond donors (Lipinski definition) is 1. The molecule has 142 valence electrons. The van der Waals surface area contributed by atoms with Crippen LogP contribution < -0.4 is 10.1 Å². The number of carbonyl (C=O) groups excluding carboxylic acids is 2. The summed E-state index contributed by atoms with van der Waals surface area (Å²) < 4.78 is 10.5. The van der Waals surface area contributed by atoms with Crippen molar-refractivity contribution in [2.75, 3.05) is 13.2 Å². The Morgan fingerprint density at radius 2 is 1.89 bits per heavy atom. The highest BCUT2D eigenvalue weighted by Gasteiger charge is 2.21. The van der Waals surface area contributed by atoms with Crippen molar-refractivity contribution >= 4 is 11.9 Å². The number of benzene rings is 2. The van der Waals surface area contributed by atoms with E-state index in [2.05, 4.69) is 11.4 Å². The lowest BCUT2D eigenvalue weighted by molar-refractivity contribution is -0.150. The fourth-order valence-corrected chi connectivity index (χ4v) is 3.27. The first kappa shape index (κ1) is 19.0. The van der Waals surface area contributed by atoms with E-state index in [9.17, 15) is 9.59 Å². The van der Waals surface area contributed by atoms with Gasteiger partial charge in [0, 0.05) is 0 Å². The molecule has 0 saturated heterocycles. The van der Waals surface area contributed by atoms with Gasteiger partial charge in [-0.25, -0.2) is 4.79 Å². The maximum atomic E-state index is 12.2. The van der Waals surface area contributed by atoms with Crippen LogP contribution in [0, 0.1) is 13.8 Å². The Morgan fingerprint density at radius 3 is 2.70 bits per heavy atom. The molecule has 3 rings (SSSR count). The van der Waals surface area contributed by atoms with Crippen LogP contribution in [0.15, 0.2) is 42.5 Å². The smallest absolute Gasteiger partial charge is 0.344 e. The second kappa shape index (κ2) is 8.71. The third-order valence-corrected chi connectivity index (χ3v) is 4.90. The molecule has 0 saturated carbocycles. The lowest BCUT2D eigenvalue weighted by atomic mass is 9.88. The van der Waals surface area contributed by atoms with E-state index in [4.69, 9.17) is 9.47 Å². The van der Waals surface area contributed by atoms with Crippen molar-refractivity contribution in [3.05, 3.63) is 64.7 Å². The van der Waals surface area contributed by atoms with Gasteiger partial charge in [-0.15, -0.1) is 0 Å². The van der Waals surface area contributed by atoms with E-state index in [1.165, 1.54) is 5.56 Å². The minimum Gasteiger partial charge on any atom is -0.482 e. The number of esters is 1. The highest BCUT2D eigenvalue weighted by Crippen LogP contribution is 2.29. The number of hydrogen-bond acceptors (Lipinski definition) is 4. The maximum absolute atomic E-state index is 12.2. The lowest BCUT2D eigenvalue weighted by Crippen LogP contribution is -2.34. The molecular weight excluding hydrogens is 342 g/mol. The Bertz CT molecular complexity index is 831. The molecule has 0 spiro atoms. The van der Waals surface area contributed by atoms with Gasteiger partial charge in [-0.05, 0) is 67.5 Å². The predicted octanol–water partition coefficient (Wildman–Crippen LogP) is 3.42. The molecule has 2 aromatic rings. The first-order valence-corrected chi connectivity index (χ1v) is 9.26. The van der Waals surface area contributed by atoms with Crippen LogP contribution in [0.4, 0.5) is 0 Å². The topological polar surface area (TPSA) is 64.6 Å². The van der Waals surface area contributed by atoms with Crippen LogP contribution in [-0.4, -0.2) is 25.1 Å². The van der Waals surface area contributed by atoms with Crippen LogP contribution in [-0.2, 0) is 20.7 Å². The number of amides is 1. The molecule has 0 radical (unpaired) electrons. The monoisotopic (exact) mass is 367 g/mol. The molecular formula is C22H25NO4. The predicted molar refractivity (Wildman–Crippen MR) is 103 cm³/mol. The molecule has 5 heteroatoms. The quantitative estimate of drug-likeness (QED) is 0.795. The van der Waals surface area contributed by atoms with E-state index >= 15 is 0 Å². The lowest BCUT2D eigenvalue weighted by Gasteiger charge is -2.26. The Hall–Kier alpha value is -2.82. The molecule has 1 aliphatic carbocycles. The zero-order chi connectivity index (χ0) is 19.2. The first-order valence-electron chi connectivity index (χ1n) is 9.26. The minimum atomic E-state index is -0.563. The summed E-state index contributed by atoms with van der Waals surface area (Å²) in [4.78, 5) is 24.0. The van der Waals surface area contributed by atoms with Gasteiger partial charge in [-0.2, -0.15) is 0 Å². The van der Waals surface area contributed by atoms with Crippen LogP contribution >= 0.6 is 0 Å². The van der Waals surface area contributed by atoms with Gasteiger partial charge >= 0.3 is 5.97 Å². The Kier molecular flexibility index (Phi) is 6.12. The van der Waals surface area contributed by atoms with Crippen molar-refractivity contribution in [3.63, 3.8) is 0 Å². The maximum Gasteiger partial charge on any atom is 0.344 e. The Balaban J connectivity index is 1.44. The Morgan fingerprint density at radius 1 is 1.07 bits per heavy atom. The largest absolute Gasteiger partial charge is 0.482 e. The van der Waals surface area contributed by atoms with Crippen LogP contribution in [0.25, 0.3) is 0 Å². The number of aryl methyl sites for hydroxylation is 3. The molecule has 0 heterocycles. The molecule has 5 nitrogen and oxygen atoms in total. The summed E-state index contributed by atoms with van der Waals surface area (Å²) in [6.45, 7) is 3.47. The van der Waals surface area contributed by atoms with Gasteiger partial charge in [0.15, 0.2) is 13.2 Å². The van der Waals surface area contributed by atoms with E-state index < -0.39 is 5.97 Å². The van der Waals surface area contributed by atoms with Crippen molar-refractivity contribution in [1.82, 2.24) is 5.32 Å². The van der Waals surface area contributed by atoms with Gasteiger partial charge < -0.3 is 14.8 Å². The second-order valence-electron chi connectivity index (χ2n) is 6.91. The van der Waals surface area contributed by atoms with Crippen LogP contribution in [0.5, 0.6) is 5.75 Å². The van der Waals surface area contributed by atoms with Gasteiger partial charge in [0.1, 0.15) is 5.75 Å². The molecule has 1 atom stereocenters. The fourth-order valence-electron chi connectivity index (χ4n) is 3.27. The summed E-state index contributed by atoms with van der Waals surface area (Å²) in [7, 11) is 0. The number of fused-ring (bicyclic) bond motifs is 1. The molecule has 0 fully saturated rings. The highest BCUT2D eigenvalue weighted by atomic mass is 16.6. The number of rotatable bonds is 6. The fraction of sp³-hybridized carbons (Fsp3) is 0.364. The van der Waals surface area contributed by atoms with Gasteiger partial charge in [-0.3, -0.25) is 4.79 Å². The number of carbonyl (C=O) groups is 2. The van der Waals surface area contributed by atoms with Crippen molar-refractivity contribution in [2.45, 2.75) is 39.2 Å². The van der Waals surface area contributed by atoms with E-state index in [1.807, 2.05) is 50.2 Å². The zero-order valence-electron chi connectivity index (χ0n) is 15.8. The first-order chi connectivity index (χ1) is 13.0. The third-order valence-electron chi connectivity index (χ3n) is 4.90. The van der Waals surface area contributed by atoms with Crippen LogP contribution in [0.2, 0.25) is 0 Å².